The van der Waals surface area contributed by atoms with Crippen LogP contribution in [0, 0.1) is 5.82 Å². The van der Waals surface area contributed by atoms with Crippen molar-refractivity contribution >= 4 is 45.2 Å². The summed E-state index contributed by atoms with van der Waals surface area (Å²) in [4.78, 5) is 29.4. The maximum Gasteiger partial charge on any atom is 0.407 e. The number of amides is 1. The van der Waals surface area contributed by atoms with Crippen LogP contribution in [0.15, 0.2) is 48.7 Å². The summed E-state index contributed by atoms with van der Waals surface area (Å²) in [6.45, 7) is 0.668. The van der Waals surface area contributed by atoms with Gasteiger partial charge in [0.1, 0.15) is 17.9 Å². The molecule has 3 aromatic heterocycles. The molecule has 0 unspecified atom stereocenters. The number of fused-ring (bicyclic) bond motifs is 1. The zero-order valence-corrected chi connectivity index (χ0v) is 18.3. The number of halogens is 2. The molecule has 0 aliphatic heterocycles. The standard InChI is InChI=1S/C21H18ClFN6O2S/c22-20-28-18(26-11-15-14(23)7-4-9-24-15)17-19(29-20)32-16(27-17)8-10-25-21(30)31-12-13-5-2-1-3-6-13/h1-7,9H,8,10-12H2,(H,25,30)(H,26,28,29). The van der Waals surface area contributed by atoms with Gasteiger partial charge in [0.15, 0.2) is 10.6 Å². The van der Waals surface area contributed by atoms with Gasteiger partial charge >= 0.3 is 6.09 Å². The Balaban J connectivity index is 1.35. The van der Waals surface area contributed by atoms with Gasteiger partial charge < -0.3 is 15.4 Å². The van der Waals surface area contributed by atoms with E-state index in [4.69, 9.17) is 16.3 Å². The molecule has 0 aliphatic rings. The van der Waals surface area contributed by atoms with E-state index in [-0.39, 0.29) is 24.1 Å². The molecular weight excluding hydrogens is 455 g/mol. The third-order valence-electron chi connectivity index (χ3n) is 4.35. The van der Waals surface area contributed by atoms with E-state index in [1.165, 1.54) is 29.7 Å². The molecule has 164 valence electrons. The molecule has 0 saturated heterocycles. The van der Waals surface area contributed by atoms with Crippen molar-refractivity contribution in [3.63, 3.8) is 0 Å². The monoisotopic (exact) mass is 472 g/mol. The topological polar surface area (TPSA) is 102 Å². The first-order valence-electron chi connectivity index (χ1n) is 9.69. The molecule has 0 atom stereocenters. The van der Waals surface area contributed by atoms with Crippen molar-refractivity contribution in [3.05, 3.63) is 76.0 Å². The van der Waals surface area contributed by atoms with E-state index in [9.17, 15) is 9.18 Å². The van der Waals surface area contributed by atoms with E-state index in [0.29, 0.717) is 29.1 Å². The maximum atomic E-state index is 13.8. The molecule has 32 heavy (non-hydrogen) atoms. The first kappa shape index (κ1) is 21.8. The molecule has 1 amide bonds. The maximum absolute atomic E-state index is 13.8. The fourth-order valence-corrected chi connectivity index (χ4v) is 3.99. The van der Waals surface area contributed by atoms with Crippen LogP contribution in [0.4, 0.5) is 15.0 Å². The molecule has 4 rings (SSSR count). The van der Waals surface area contributed by atoms with Gasteiger partial charge in [-0.3, -0.25) is 4.98 Å². The Morgan fingerprint density at radius 1 is 1.12 bits per heavy atom. The summed E-state index contributed by atoms with van der Waals surface area (Å²) < 4.78 is 19.0. The average Bonchev–Trinajstić information content (AvgIpc) is 3.20. The number of nitrogens with zero attached hydrogens (tertiary/aromatic N) is 4. The lowest BCUT2D eigenvalue weighted by atomic mass is 10.2. The number of nitrogens with one attached hydrogen (secondary N) is 2. The van der Waals surface area contributed by atoms with Crippen molar-refractivity contribution in [1.82, 2.24) is 25.3 Å². The third-order valence-corrected chi connectivity index (χ3v) is 5.53. The number of aromatic nitrogens is 4. The summed E-state index contributed by atoms with van der Waals surface area (Å²) in [6.07, 6.45) is 1.49. The van der Waals surface area contributed by atoms with E-state index in [2.05, 4.69) is 30.6 Å². The van der Waals surface area contributed by atoms with Crippen LogP contribution in [0.2, 0.25) is 5.28 Å². The molecule has 1 aromatic carbocycles. The molecule has 0 bridgehead atoms. The number of carbonyl (C=O) groups is 1. The first-order chi connectivity index (χ1) is 15.6. The van der Waals surface area contributed by atoms with Crippen LogP contribution in [0.25, 0.3) is 10.3 Å². The Bertz CT molecular complexity index is 1220. The summed E-state index contributed by atoms with van der Waals surface area (Å²) in [5, 5.41) is 6.52. The Morgan fingerprint density at radius 3 is 2.78 bits per heavy atom. The Morgan fingerprint density at radius 2 is 1.97 bits per heavy atom. The minimum absolute atomic E-state index is 0.0549. The van der Waals surface area contributed by atoms with Crippen molar-refractivity contribution in [2.45, 2.75) is 19.6 Å². The van der Waals surface area contributed by atoms with Gasteiger partial charge in [-0.2, -0.15) is 4.98 Å². The zero-order valence-electron chi connectivity index (χ0n) is 16.7. The number of ether oxygens (including phenoxy) is 1. The molecule has 4 aromatic rings. The number of carbonyl (C=O) groups excluding carboxylic acids is 1. The summed E-state index contributed by atoms with van der Waals surface area (Å²) in [5.74, 6) is -0.0247. The lowest BCUT2D eigenvalue weighted by molar-refractivity contribution is 0.140. The van der Waals surface area contributed by atoms with E-state index < -0.39 is 11.9 Å². The number of rotatable bonds is 8. The summed E-state index contributed by atoms with van der Waals surface area (Å²) in [7, 11) is 0. The van der Waals surface area contributed by atoms with Crippen LogP contribution in [0.3, 0.4) is 0 Å². The van der Waals surface area contributed by atoms with Crippen LogP contribution < -0.4 is 10.6 Å². The zero-order chi connectivity index (χ0) is 22.3. The molecule has 8 nitrogen and oxygen atoms in total. The van der Waals surface area contributed by atoms with Crippen molar-refractivity contribution in [3.8, 4) is 0 Å². The highest BCUT2D eigenvalue weighted by Crippen LogP contribution is 2.27. The number of thiazole rings is 1. The van der Waals surface area contributed by atoms with Crippen LogP contribution in [-0.2, 0) is 24.3 Å². The molecule has 0 saturated carbocycles. The SMILES string of the molecule is O=C(NCCc1nc2c(NCc3ncccc3F)nc(Cl)nc2s1)OCc1ccccc1. The van der Waals surface area contributed by atoms with Gasteiger partial charge in [0, 0.05) is 19.2 Å². The molecule has 0 spiro atoms. The smallest absolute Gasteiger partial charge is 0.407 e. The van der Waals surface area contributed by atoms with Crippen LogP contribution in [-0.4, -0.2) is 32.6 Å². The molecule has 0 aliphatic carbocycles. The highest BCUT2D eigenvalue weighted by atomic mass is 35.5. The molecule has 3 heterocycles. The van der Waals surface area contributed by atoms with Gasteiger partial charge in [-0.15, -0.1) is 0 Å². The Labute approximate surface area is 191 Å². The lowest BCUT2D eigenvalue weighted by Gasteiger charge is -2.06. The molecule has 11 heteroatoms. The van der Waals surface area contributed by atoms with Crippen molar-refractivity contribution in [2.24, 2.45) is 0 Å². The van der Waals surface area contributed by atoms with Gasteiger partial charge in [0.25, 0.3) is 0 Å². The largest absolute Gasteiger partial charge is 0.445 e. The second kappa shape index (κ2) is 10.3. The quantitative estimate of drug-likeness (QED) is 0.367. The lowest BCUT2D eigenvalue weighted by Crippen LogP contribution is -2.26. The van der Waals surface area contributed by atoms with E-state index in [0.717, 1.165) is 10.6 Å². The number of hydrogen-bond acceptors (Lipinski definition) is 8. The third kappa shape index (κ3) is 5.65. The molecule has 0 fully saturated rings. The van der Waals surface area contributed by atoms with Crippen LogP contribution in [0.5, 0.6) is 0 Å². The molecular formula is C21H18ClFN6O2S. The molecule has 2 N–H and O–H groups in total. The van der Waals surface area contributed by atoms with Gasteiger partial charge in [-0.05, 0) is 29.3 Å². The minimum atomic E-state index is -0.502. The normalized spacial score (nSPS) is 10.8. The minimum Gasteiger partial charge on any atom is -0.445 e. The van der Waals surface area contributed by atoms with Gasteiger partial charge in [0.05, 0.1) is 17.2 Å². The predicted molar refractivity (Wildman–Crippen MR) is 120 cm³/mol. The summed E-state index contributed by atoms with van der Waals surface area (Å²) in [5.41, 5.74) is 1.69. The van der Waals surface area contributed by atoms with Crippen LogP contribution >= 0.6 is 22.9 Å². The van der Waals surface area contributed by atoms with Crippen molar-refractivity contribution in [2.75, 3.05) is 11.9 Å². The number of benzene rings is 1. The van der Waals surface area contributed by atoms with Gasteiger partial charge in [-0.1, -0.05) is 41.7 Å². The van der Waals surface area contributed by atoms with Crippen molar-refractivity contribution in [1.29, 1.82) is 0 Å². The van der Waals surface area contributed by atoms with E-state index in [1.54, 1.807) is 0 Å². The van der Waals surface area contributed by atoms with E-state index in [1.807, 2.05) is 30.3 Å². The van der Waals surface area contributed by atoms with Gasteiger partial charge in [0.2, 0.25) is 5.28 Å². The Hall–Kier alpha value is -3.37. The van der Waals surface area contributed by atoms with E-state index >= 15 is 0 Å². The fourth-order valence-electron chi connectivity index (χ4n) is 2.83. The highest BCUT2D eigenvalue weighted by Gasteiger charge is 2.14. The predicted octanol–water partition coefficient (Wildman–Crippen LogP) is 4.35. The average molecular weight is 473 g/mol. The number of hydrogen-bond donors (Lipinski definition) is 2. The molecule has 0 radical (unpaired) electrons. The highest BCUT2D eigenvalue weighted by molar-refractivity contribution is 7.18. The Kier molecular flexibility index (Phi) is 7.03. The second-order valence-corrected chi connectivity index (χ2v) is 8.03. The summed E-state index contributed by atoms with van der Waals surface area (Å²) in [6, 6.07) is 12.3. The fraction of sp³-hybridized carbons (Fsp3) is 0.190. The summed E-state index contributed by atoms with van der Waals surface area (Å²) >= 11 is 7.37. The van der Waals surface area contributed by atoms with Gasteiger partial charge in [-0.25, -0.2) is 19.2 Å². The van der Waals surface area contributed by atoms with Crippen LogP contribution in [0.1, 0.15) is 16.3 Å². The first-order valence-corrected chi connectivity index (χ1v) is 10.9. The number of pyridine rings is 1. The number of anilines is 1. The van der Waals surface area contributed by atoms with Crippen molar-refractivity contribution < 1.29 is 13.9 Å². The second-order valence-electron chi connectivity index (χ2n) is 6.63. The number of alkyl carbamates (subject to hydrolysis) is 1.